The van der Waals surface area contributed by atoms with Gasteiger partial charge >= 0.3 is 0 Å². The van der Waals surface area contributed by atoms with Crippen LogP contribution in [0.1, 0.15) is 31.2 Å². The van der Waals surface area contributed by atoms with Crippen molar-refractivity contribution in [2.45, 2.75) is 44.4 Å². The second kappa shape index (κ2) is 8.95. The van der Waals surface area contributed by atoms with E-state index in [9.17, 15) is 4.79 Å². The van der Waals surface area contributed by atoms with Gasteiger partial charge in [-0.2, -0.15) is 0 Å². The summed E-state index contributed by atoms with van der Waals surface area (Å²) in [7, 11) is 0. The number of nitrogens with one attached hydrogen (secondary N) is 1. The number of benzene rings is 1. The Morgan fingerprint density at radius 2 is 1.85 bits per heavy atom. The molecular weight excluding hydrogens is 276 g/mol. The molecule has 0 saturated heterocycles. The summed E-state index contributed by atoms with van der Waals surface area (Å²) in [4.78, 5) is 11.7. The zero-order chi connectivity index (χ0) is 13.5. The Kier molecular flexibility index (Phi) is 7.59. The van der Waals surface area contributed by atoms with Crippen LogP contribution in [0, 0.1) is 0 Å². The van der Waals surface area contributed by atoms with E-state index in [0.717, 1.165) is 31.2 Å². The Morgan fingerprint density at radius 1 is 1.20 bits per heavy atom. The van der Waals surface area contributed by atoms with E-state index in [1.54, 1.807) is 0 Å². The lowest BCUT2D eigenvalue weighted by molar-refractivity contribution is -0.127. The van der Waals surface area contributed by atoms with Crippen molar-refractivity contribution < 1.29 is 9.53 Å². The number of hydrogen-bond donors (Lipinski definition) is 2. The predicted molar refractivity (Wildman–Crippen MR) is 81.7 cm³/mol. The smallest absolute Gasteiger partial charge is 0.246 e. The van der Waals surface area contributed by atoms with Gasteiger partial charge in [0.1, 0.15) is 6.61 Å². The highest BCUT2D eigenvalue weighted by Gasteiger charge is 2.19. The second-order valence-electron chi connectivity index (χ2n) is 5.16. The summed E-state index contributed by atoms with van der Waals surface area (Å²) in [5.74, 6) is -0.0311. The number of halogens is 1. The molecule has 0 aromatic heterocycles. The van der Waals surface area contributed by atoms with E-state index >= 15 is 0 Å². The van der Waals surface area contributed by atoms with E-state index < -0.39 is 0 Å². The predicted octanol–water partition coefficient (Wildman–Crippen LogP) is 2.01. The first-order valence-electron chi connectivity index (χ1n) is 6.90. The average molecular weight is 299 g/mol. The van der Waals surface area contributed by atoms with Crippen molar-refractivity contribution in [3.8, 4) is 0 Å². The van der Waals surface area contributed by atoms with Crippen LogP contribution in [0.5, 0.6) is 0 Å². The van der Waals surface area contributed by atoms with Gasteiger partial charge in [0.2, 0.25) is 5.91 Å². The summed E-state index contributed by atoms with van der Waals surface area (Å²) in [5, 5.41) is 3.01. The first-order valence-corrected chi connectivity index (χ1v) is 6.90. The molecule has 0 radical (unpaired) electrons. The molecular formula is C15H23ClN2O2. The van der Waals surface area contributed by atoms with Crippen molar-refractivity contribution in [2.75, 3.05) is 6.61 Å². The molecule has 20 heavy (non-hydrogen) atoms. The van der Waals surface area contributed by atoms with Gasteiger partial charge in [-0.05, 0) is 31.2 Å². The lowest BCUT2D eigenvalue weighted by Gasteiger charge is -2.26. The van der Waals surface area contributed by atoms with Crippen LogP contribution in [0.25, 0.3) is 0 Å². The van der Waals surface area contributed by atoms with Crippen LogP contribution in [0.4, 0.5) is 0 Å². The number of carbonyl (C=O) groups is 1. The molecule has 5 heteroatoms. The molecule has 0 aliphatic heterocycles. The van der Waals surface area contributed by atoms with Gasteiger partial charge < -0.3 is 15.8 Å². The number of carbonyl (C=O) groups excluding carboxylic acids is 1. The quantitative estimate of drug-likeness (QED) is 0.874. The van der Waals surface area contributed by atoms with Crippen LogP contribution in [0.2, 0.25) is 0 Å². The van der Waals surface area contributed by atoms with Crippen molar-refractivity contribution in [3.05, 3.63) is 35.9 Å². The fourth-order valence-corrected chi connectivity index (χ4v) is 2.37. The molecule has 1 aromatic rings. The SMILES string of the molecule is Cl.NC1CCC(NC(=O)COCc2ccccc2)CC1. The van der Waals surface area contributed by atoms with Gasteiger partial charge in [-0.15, -0.1) is 12.4 Å². The van der Waals surface area contributed by atoms with Crippen molar-refractivity contribution >= 4 is 18.3 Å². The van der Waals surface area contributed by atoms with Gasteiger partial charge in [0, 0.05) is 12.1 Å². The second-order valence-corrected chi connectivity index (χ2v) is 5.16. The summed E-state index contributed by atoms with van der Waals surface area (Å²) in [6, 6.07) is 10.4. The molecule has 1 fully saturated rings. The van der Waals surface area contributed by atoms with E-state index in [0.29, 0.717) is 12.6 Å². The van der Waals surface area contributed by atoms with E-state index in [1.165, 1.54) is 0 Å². The average Bonchev–Trinajstić information content (AvgIpc) is 2.43. The third-order valence-electron chi connectivity index (χ3n) is 3.48. The highest BCUT2D eigenvalue weighted by Crippen LogP contribution is 2.16. The Labute approximate surface area is 126 Å². The normalized spacial score (nSPS) is 21.9. The summed E-state index contributed by atoms with van der Waals surface area (Å²) >= 11 is 0. The number of rotatable bonds is 5. The van der Waals surface area contributed by atoms with Crippen molar-refractivity contribution in [1.82, 2.24) is 5.32 Å². The van der Waals surface area contributed by atoms with Crippen LogP contribution in [0.3, 0.4) is 0 Å². The summed E-state index contributed by atoms with van der Waals surface area (Å²) in [5.41, 5.74) is 6.92. The fraction of sp³-hybridized carbons (Fsp3) is 0.533. The lowest BCUT2D eigenvalue weighted by Crippen LogP contribution is -2.41. The first kappa shape index (κ1) is 17.0. The molecule has 2 rings (SSSR count). The number of amides is 1. The van der Waals surface area contributed by atoms with Gasteiger partial charge in [-0.3, -0.25) is 4.79 Å². The molecule has 0 unspecified atom stereocenters. The number of nitrogens with two attached hydrogens (primary N) is 1. The third kappa shape index (κ3) is 5.90. The minimum absolute atomic E-state index is 0. The summed E-state index contributed by atoms with van der Waals surface area (Å²) in [6.45, 7) is 0.598. The minimum Gasteiger partial charge on any atom is -0.367 e. The molecule has 1 saturated carbocycles. The minimum atomic E-state index is -0.0311. The van der Waals surface area contributed by atoms with Crippen LogP contribution >= 0.6 is 12.4 Å². The van der Waals surface area contributed by atoms with Gasteiger partial charge in [0.15, 0.2) is 0 Å². The zero-order valence-electron chi connectivity index (χ0n) is 11.6. The molecule has 1 aliphatic carbocycles. The fourth-order valence-electron chi connectivity index (χ4n) is 2.37. The van der Waals surface area contributed by atoms with E-state index in [1.807, 2.05) is 30.3 Å². The van der Waals surface area contributed by atoms with Gasteiger partial charge in [0.05, 0.1) is 6.61 Å². The molecule has 1 aromatic carbocycles. The van der Waals surface area contributed by atoms with E-state index in [4.69, 9.17) is 10.5 Å². The molecule has 112 valence electrons. The summed E-state index contributed by atoms with van der Waals surface area (Å²) < 4.78 is 5.41. The first-order chi connectivity index (χ1) is 9.24. The van der Waals surface area contributed by atoms with Crippen LogP contribution < -0.4 is 11.1 Å². The maximum absolute atomic E-state index is 11.7. The van der Waals surface area contributed by atoms with Crippen LogP contribution in [-0.2, 0) is 16.1 Å². The molecule has 4 nitrogen and oxygen atoms in total. The standard InChI is InChI=1S/C15H22N2O2.ClH/c16-13-6-8-14(9-7-13)17-15(18)11-19-10-12-4-2-1-3-5-12;/h1-5,13-14H,6-11,16H2,(H,17,18);1H. The summed E-state index contributed by atoms with van der Waals surface area (Å²) in [6.07, 6.45) is 3.95. The van der Waals surface area contributed by atoms with Gasteiger partial charge in [0.25, 0.3) is 0 Å². The highest BCUT2D eigenvalue weighted by molar-refractivity contribution is 5.85. The Morgan fingerprint density at radius 3 is 2.50 bits per heavy atom. The third-order valence-corrected chi connectivity index (χ3v) is 3.48. The Hall–Kier alpha value is -1.10. The Balaban J connectivity index is 0.00000200. The monoisotopic (exact) mass is 298 g/mol. The highest BCUT2D eigenvalue weighted by atomic mass is 35.5. The molecule has 1 aliphatic rings. The van der Waals surface area contributed by atoms with Gasteiger partial charge in [-0.25, -0.2) is 0 Å². The largest absolute Gasteiger partial charge is 0.367 e. The van der Waals surface area contributed by atoms with E-state index in [2.05, 4.69) is 5.32 Å². The van der Waals surface area contributed by atoms with E-state index in [-0.39, 0.29) is 31.0 Å². The molecule has 0 atom stereocenters. The van der Waals surface area contributed by atoms with Crippen molar-refractivity contribution in [3.63, 3.8) is 0 Å². The van der Waals surface area contributed by atoms with Crippen molar-refractivity contribution in [1.29, 1.82) is 0 Å². The number of hydrogen-bond acceptors (Lipinski definition) is 3. The molecule has 1 amide bonds. The zero-order valence-corrected chi connectivity index (χ0v) is 12.4. The van der Waals surface area contributed by atoms with Crippen LogP contribution in [-0.4, -0.2) is 24.6 Å². The lowest BCUT2D eigenvalue weighted by atomic mass is 9.92. The molecule has 0 spiro atoms. The number of ether oxygens (including phenoxy) is 1. The maximum Gasteiger partial charge on any atom is 0.246 e. The van der Waals surface area contributed by atoms with Gasteiger partial charge in [-0.1, -0.05) is 30.3 Å². The maximum atomic E-state index is 11.7. The topological polar surface area (TPSA) is 64.3 Å². The molecule has 0 heterocycles. The molecule has 3 N–H and O–H groups in total. The van der Waals surface area contributed by atoms with Crippen LogP contribution in [0.15, 0.2) is 30.3 Å². The molecule has 0 bridgehead atoms. The Bertz CT molecular complexity index is 392. The van der Waals surface area contributed by atoms with Crippen molar-refractivity contribution in [2.24, 2.45) is 5.73 Å².